The third-order valence-corrected chi connectivity index (χ3v) is 3.49. The lowest BCUT2D eigenvalue weighted by molar-refractivity contribution is 0.0262. The zero-order valence-electron chi connectivity index (χ0n) is 12.8. The van der Waals surface area contributed by atoms with Gasteiger partial charge in [-0.3, -0.25) is 0 Å². The van der Waals surface area contributed by atoms with Crippen LogP contribution in [0.4, 0.5) is 0 Å². The van der Waals surface area contributed by atoms with Crippen LogP contribution in [0.3, 0.4) is 0 Å². The second-order valence-electron chi connectivity index (χ2n) is 5.14. The van der Waals surface area contributed by atoms with Gasteiger partial charge in [-0.25, -0.2) is 9.59 Å². The molecule has 4 heteroatoms. The Hall–Kier alpha value is -1.84. The Morgan fingerprint density at radius 1 is 1.10 bits per heavy atom. The van der Waals surface area contributed by atoms with Crippen LogP contribution < -0.4 is 0 Å². The summed E-state index contributed by atoms with van der Waals surface area (Å²) in [6.07, 6.45) is 5.95. The number of ether oxygens (including phenoxy) is 1. The summed E-state index contributed by atoms with van der Waals surface area (Å²) in [6, 6.07) is 6.16. The average Bonchev–Trinajstić information content (AvgIpc) is 2.50. The lowest BCUT2D eigenvalue weighted by Crippen LogP contribution is -2.19. The second kappa shape index (κ2) is 9.16. The molecule has 21 heavy (non-hydrogen) atoms. The fourth-order valence-corrected chi connectivity index (χ4v) is 2.21. The minimum atomic E-state index is -1.11. The topological polar surface area (TPSA) is 63.6 Å². The zero-order chi connectivity index (χ0) is 15.7. The number of benzene rings is 1. The summed E-state index contributed by atoms with van der Waals surface area (Å²) in [5, 5.41) is 9.10. The number of rotatable bonds is 9. The average molecular weight is 292 g/mol. The molecule has 116 valence electrons. The molecule has 0 aliphatic carbocycles. The molecule has 0 fully saturated rings. The fraction of sp³-hybridized carbons (Fsp3) is 0.529. The summed E-state index contributed by atoms with van der Waals surface area (Å²) in [7, 11) is 0. The van der Waals surface area contributed by atoms with Crippen LogP contribution in [0.15, 0.2) is 24.3 Å². The molecule has 0 aliphatic rings. The van der Waals surface area contributed by atoms with Gasteiger partial charge in [0, 0.05) is 0 Å². The zero-order valence-corrected chi connectivity index (χ0v) is 12.8. The molecule has 0 saturated heterocycles. The van der Waals surface area contributed by atoms with Crippen LogP contribution in [-0.2, 0) is 4.74 Å². The van der Waals surface area contributed by atoms with Crippen molar-refractivity contribution < 1.29 is 19.4 Å². The summed E-state index contributed by atoms with van der Waals surface area (Å²) in [5.41, 5.74) is 0.111. The van der Waals surface area contributed by atoms with Crippen LogP contribution in [0.2, 0.25) is 0 Å². The third kappa shape index (κ3) is 5.58. The molecule has 0 heterocycles. The highest BCUT2D eigenvalue weighted by molar-refractivity contribution is 6.02. The number of carboxylic acids is 1. The normalized spacial score (nSPS) is 11.9. The fourth-order valence-electron chi connectivity index (χ4n) is 2.21. The van der Waals surface area contributed by atoms with Gasteiger partial charge in [-0.1, -0.05) is 45.2 Å². The molecule has 0 aromatic heterocycles. The van der Waals surface area contributed by atoms with Crippen molar-refractivity contribution in [2.24, 2.45) is 0 Å². The van der Waals surface area contributed by atoms with Gasteiger partial charge in [-0.15, -0.1) is 0 Å². The Morgan fingerprint density at radius 2 is 1.76 bits per heavy atom. The Morgan fingerprint density at radius 3 is 2.33 bits per heavy atom. The van der Waals surface area contributed by atoms with Crippen molar-refractivity contribution in [3.63, 3.8) is 0 Å². The van der Waals surface area contributed by atoms with E-state index in [0.717, 1.165) is 25.7 Å². The van der Waals surface area contributed by atoms with Gasteiger partial charge in [0.05, 0.1) is 11.1 Å². The molecule has 1 aromatic carbocycles. The number of carboxylic acid groups (broad SMARTS) is 1. The lowest BCUT2D eigenvalue weighted by Gasteiger charge is -2.16. The van der Waals surface area contributed by atoms with Gasteiger partial charge in [-0.2, -0.15) is 0 Å². The summed E-state index contributed by atoms with van der Waals surface area (Å²) in [6.45, 7) is 4.13. The van der Waals surface area contributed by atoms with Crippen LogP contribution in [-0.4, -0.2) is 23.1 Å². The highest BCUT2D eigenvalue weighted by Crippen LogP contribution is 2.16. The van der Waals surface area contributed by atoms with Gasteiger partial charge < -0.3 is 9.84 Å². The lowest BCUT2D eigenvalue weighted by atomic mass is 10.1. The molecule has 0 unspecified atom stereocenters. The predicted octanol–water partition coefficient (Wildman–Crippen LogP) is 4.29. The summed E-state index contributed by atoms with van der Waals surface area (Å²) >= 11 is 0. The second-order valence-corrected chi connectivity index (χ2v) is 5.14. The summed E-state index contributed by atoms with van der Waals surface area (Å²) < 4.78 is 5.45. The molecule has 0 aliphatic heterocycles. The van der Waals surface area contributed by atoms with Crippen molar-refractivity contribution in [1.29, 1.82) is 0 Å². The van der Waals surface area contributed by atoms with Crippen molar-refractivity contribution in [2.75, 3.05) is 0 Å². The van der Waals surface area contributed by atoms with E-state index in [1.807, 2.05) is 6.92 Å². The maximum Gasteiger partial charge on any atom is 0.339 e. The van der Waals surface area contributed by atoms with E-state index in [-0.39, 0.29) is 17.2 Å². The van der Waals surface area contributed by atoms with Crippen LogP contribution in [0.1, 0.15) is 73.1 Å². The Bertz CT molecular complexity index is 468. The highest BCUT2D eigenvalue weighted by Gasteiger charge is 2.19. The number of unbranched alkanes of at least 4 members (excludes halogenated alkanes) is 3. The largest absolute Gasteiger partial charge is 0.478 e. The number of carbonyl (C=O) groups is 2. The van der Waals surface area contributed by atoms with Gasteiger partial charge in [0.15, 0.2) is 0 Å². The van der Waals surface area contributed by atoms with Crippen molar-refractivity contribution >= 4 is 11.9 Å². The summed E-state index contributed by atoms with van der Waals surface area (Å²) in [5.74, 6) is -1.66. The molecule has 0 amide bonds. The van der Waals surface area contributed by atoms with Gasteiger partial charge in [0.1, 0.15) is 6.10 Å². The van der Waals surface area contributed by atoms with E-state index >= 15 is 0 Å². The first-order chi connectivity index (χ1) is 10.1. The minimum absolute atomic E-state index is 0.0108. The Balaban J connectivity index is 2.64. The maximum atomic E-state index is 12.1. The number of hydrogen-bond donors (Lipinski definition) is 1. The first-order valence-corrected chi connectivity index (χ1v) is 7.63. The van der Waals surface area contributed by atoms with Crippen molar-refractivity contribution in [3.8, 4) is 0 Å². The van der Waals surface area contributed by atoms with Crippen LogP contribution in [0, 0.1) is 0 Å². The van der Waals surface area contributed by atoms with E-state index in [4.69, 9.17) is 9.84 Å². The molecule has 0 saturated carbocycles. The van der Waals surface area contributed by atoms with Gasteiger partial charge in [0.25, 0.3) is 0 Å². The van der Waals surface area contributed by atoms with E-state index in [2.05, 4.69) is 6.92 Å². The Kier molecular flexibility index (Phi) is 7.51. The van der Waals surface area contributed by atoms with E-state index in [9.17, 15) is 9.59 Å². The van der Waals surface area contributed by atoms with Gasteiger partial charge >= 0.3 is 11.9 Å². The number of hydrogen-bond acceptors (Lipinski definition) is 3. The molecule has 1 rings (SSSR count). The van der Waals surface area contributed by atoms with Crippen LogP contribution >= 0.6 is 0 Å². The van der Waals surface area contributed by atoms with E-state index < -0.39 is 11.9 Å². The molecule has 4 nitrogen and oxygen atoms in total. The highest BCUT2D eigenvalue weighted by atomic mass is 16.5. The number of esters is 1. The van der Waals surface area contributed by atoms with E-state index in [1.54, 1.807) is 12.1 Å². The third-order valence-electron chi connectivity index (χ3n) is 3.49. The van der Waals surface area contributed by atoms with Gasteiger partial charge in [0.2, 0.25) is 0 Å². The maximum absolute atomic E-state index is 12.1. The molecular formula is C17H24O4. The first kappa shape index (κ1) is 17.2. The molecular weight excluding hydrogens is 268 g/mol. The quantitative estimate of drug-likeness (QED) is 0.544. The van der Waals surface area contributed by atoms with E-state index in [0.29, 0.717) is 0 Å². The van der Waals surface area contributed by atoms with E-state index in [1.165, 1.54) is 25.0 Å². The standard InChI is InChI=1S/C17H24O4/c1-3-5-6-7-10-13(4-2)21-17(20)15-12-9-8-11-14(15)16(18)19/h8-9,11-13H,3-7,10H2,1-2H3,(H,18,19)/t13-/m1/s1. The van der Waals surface area contributed by atoms with Gasteiger partial charge in [-0.05, 0) is 31.4 Å². The molecule has 1 aromatic rings. The van der Waals surface area contributed by atoms with Crippen LogP contribution in [0.25, 0.3) is 0 Å². The predicted molar refractivity (Wildman–Crippen MR) is 81.7 cm³/mol. The monoisotopic (exact) mass is 292 g/mol. The molecule has 1 N–H and O–H groups in total. The Labute approximate surface area is 126 Å². The minimum Gasteiger partial charge on any atom is -0.478 e. The van der Waals surface area contributed by atoms with Crippen LogP contribution in [0.5, 0.6) is 0 Å². The molecule has 0 spiro atoms. The molecule has 1 atom stereocenters. The molecule has 0 radical (unpaired) electrons. The van der Waals surface area contributed by atoms with Crippen molar-refractivity contribution in [3.05, 3.63) is 35.4 Å². The van der Waals surface area contributed by atoms with Crippen molar-refractivity contribution in [1.82, 2.24) is 0 Å². The van der Waals surface area contributed by atoms with Crippen molar-refractivity contribution in [2.45, 2.75) is 58.5 Å². The number of carbonyl (C=O) groups excluding carboxylic acids is 1. The smallest absolute Gasteiger partial charge is 0.339 e. The molecule has 0 bridgehead atoms. The first-order valence-electron chi connectivity index (χ1n) is 7.63. The SMILES string of the molecule is CCCCCC[C@@H](CC)OC(=O)c1ccccc1C(=O)O. The number of aromatic carboxylic acids is 1. The summed E-state index contributed by atoms with van der Waals surface area (Å²) in [4.78, 5) is 23.3.